The molecule has 0 aromatic heterocycles. The fourth-order valence-corrected chi connectivity index (χ4v) is 1.47. The van der Waals surface area contributed by atoms with Crippen LogP contribution in [0.2, 0.25) is 0 Å². The first kappa shape index (κ1) is 11.9. The Hall–Kier alpha value is -1.11. The summed E-state index contributed by atoms with van der Waals surface area (Å²) in [5.41, 5.74) is 0. The van der Waals surface area contributed by atoms with Gasteiger partial charge in [0.15, 0.2) is 0 Å². The van der Waals surface area contributed by atoms with Crippen LogP contribution in [0.15, 0.2) is 0 Å². The molecule has 0 fully saturated rings. The van der Waals surface area contributed by atoms with E-state index in [0.29, 0.717) is 0 Å². The van der Waals surface area contributed by atoms with Gasteiger partial charge in [0.1, 0.15) is 10.7 Å². The van der Waals surface area contributed by atoms with E-state index in [1.807, 2.05) is 0 Å². The Morgan fingerprint density at radius 1 is 1.23 bits per heavy atom. The topological polar surface area (TPSA) is 109 Å². The molecule has 7 heteroatoms. The second-order valence-electron chi connectivity index (χ2n) is 2.48. The van der Waals surface area contributed by atoms with Crippen LogP contribution >= 0.6 is 0 Å². The number of thiol groups is 1. The largest absolute Gasteiger partial charge is 0.481 e. The van der Waals surface area contributed by atoms with Crippen molar-refractivity contribution in [3.05, 3.63) is 0 Å². The van der Waals surface area contributed by atoms with E-state index in [2.05, 4.69) is 0 Å². The number of carboxylic acid groups (broad SMARTS) is 2. The van der Waals surface area contributed by atoms with Gasteiger partial charge in [0.05, 0.1) is 11.7 Å². The second kappa shape index (κ2) is 5.52. The number of hydrogen-bond donors (Lipinski definition) is 3. The minimum atomic E-state index is -2.78. The molecule has 2 N–H and O–H groups in total. The lowest BCUT2D eigenvalue weighted by atomic mass is 10.1. The van der Waals surface area contributed by atoms with Crippen LogP contribution in [-0.4, -0.2) is 36.3 Å². The highest BCUT2D eigenvalue weighted by Gasteiger charge is 2.19. The van der Waals surface area contributed by atoms with Gasteiger partial charge in [-0.3, -0.25) is 9.59 Å². The Balaban J connectivity index is 4.10. The average Bonchev–Trinajstić information content (AvgIpc) is 1.96. The number of aliphatic carboxylic acids is 2. The van der Waals surface area contributed by atoms with Crippen LogP contribution in [0.25, 0.3) is 0 Å². The fraction of sp³-hybridized carbons (Fsp3) is 0.667. The molecule has 0 aliphatic carbocycles. The molecule has 0 amide bonds. The van der Waals surface area contributed by atoms with Crippen molar-refractivity contribution in [1.82, 2.24) is 0 Å². The third-order valence-corrected chi connectivity index (χ3v) is 2.16. The average molecular weight is 210 g/mol. The van der Waals surface area contributed by atoms with Crippen molar-refractivity contribution in [1.29, 1.82) is 0 Å². The Bertz CT molecular complexity index is 260. The molecule has 0 rings (SSSR count). The smallest absolute Gasteiger partial charge is 0.307 e. The maximum absolute atomic E-state index is 10.4. The zero-order chi connectivity index (χ0) is 10.4. The van der Waals surface area contributed by atoms with Gasteiger partial charge in [0.25, 0.3) is 0 Å². The normalized spacial score (nSPS) is 12.7. The predicted octanol–water partition coefficient (Wildman–Crippen LogP) is -0.837. The van der Waals surface area contributed by atoms with Crippen molar-refractivity contribution >= 4 is 22.6 Å². The van der Waals surface area contributed by atoms with Crippen LogP contribution in [0.5, 0.6) is 0 Å². The highest BCUT2D eigenvalue weighted by Crippen LogP contribution is 2.07. The third kappa shape index (κ3) is 6.09. The minimum Gasteiger partial charge on any atom is -0.481 e. The van der Waals surface area contributed by atoms with Crippen LogP contribution in [0.4, 0.5) is 0 Å². The summed E-state index contributed by atoms with van der Waals surface area (Å²) in [6, 6.07) is 0. The van der Waals surface area contributed by atoms with Crippen LogP contribution in [0.1, 0.15) is 12.8 Å². The van der Waals surface area contributed by atoms with Crippen LogP contribution < -0.4 is 0 Å². The first-order valence-corrected chi connectivity index (χ1v) is 4.86. The molecule has 1 unspecified atom stereocenters. The SMILES string of the molecule is O=C(O)CCC(C[SH](=O)=O)C(=O)O. The maximum atomic E-state index is 10.4. The molecule has 0 saturated heterocycles. The molecular formula is C6H10O6S. The standard InChI is InChI=1S/C6H10O6S/c7-5(8)2-1-4(6(9)10)3-13(11)12/h4,13H,1-3H2,(H,7,8)(H,9,10). The van der Waals surface area contributed by atoms with Crippen molar-refractivity contribution in [2.24, 2.45) is 5.92 Å². The quantitative estimate of drug-likeness (QED) is 0.493. The van der Waals surface area contributed by atoms with Crippen molar-refractivity contribution in [3.63, 3.8) is 0 Å². The zero-order valence-corrected chi connectivity index (χ0v) is 7.57. The van der Waals surface area contributed by atoms with Gasteiger partial charge in [-0.05, 0) is 6.42 Å². The van der Waals surface area contributed by atoms with Crippen molar-refractivity contribution < 1.29 is 28.2 Å². The van der Waals surface area contributed by atoms with Gasteiger partial charge in [-0.25, -0.2) is 8.42 Å². The van der Waals surface area contributed by atoms with Crippen LogP contribution in [-0.2, 0) is 20.3 Å². The summed E-state index contributed by atoms with van der Waals surface area (Å²) < 4.78 is 20.4. The molecular weight excluding hydrogens is 200 g/mol. The number of rotatable bonds is 6. The minimum absolute atomic E-state index is 0.159. The molecule has 0 aliphatic rings. The molecule has 76 valence electrons. The Labute approximate surface area is 76.1 Å². The lowest BCUT2D eigenvalue weighted by Crippen LogP contribution is -2.19. The predicted molar refractivity (Wildman–Crippen MR) is 43.2 cm³/mol. The van der Waals surface area contributed by atoms with Crippen molar-refractivity contribution in [2.45, 2.75) is 12.8 Å². The van der Waals surface area contributed by atoms with Gasteiger partial charge in [-0.15, -0.1) is 0 Å². The Morgan fingerprint density at radius 2 is 1.77 bits per heavy atom. The van der Waals surface area contributed by atoms with Crippen LogP contribution in [0.3, 0.4) is 0 Å². The molecule has 0 aliphatic heterocycles. The summed E-state index contributed by atoms with van der Waals surface area (Å²) in [5, 5.41) is 16.7. The first-order chi connectivity index (χ1) is 5.93. The molecule has 0 spiro atoms. The highest BCUT2D eigenvalue weighted by atomic mass is 32.2. The van der Waals surface area contributed by atoms with E-state index in [1.165, 1.54) is 0 Å². The van der Waals surface area contributed by atoms with Crippen molar-refractivity contribution in [2.75, 3.05) is 5.75 Å². The lowest BCUT2D eigenvalue weighted by Gasteiger charge is -2.05. The lowest BCUT2D eigenvalue weighted by molar-refractivity contribution is -0.142. The van der Waals surface area contributed by atoms with E-state index in [0.717, 1.165) is 0 Å². The summed E-state index contributed by atoms with van der Waals surface area (Å²) >= 11 is 0. The summed E-state index contributed by atoms with van der Waals surface area (Å²) in [7, 11) is -2.78. The highest BCUT2D eigenvalue weighted by molar-refractivity contribution is 7.72. The first-order valence-electron chi connectivity index (χ1n) is 3.50. The molecule has 0 bridgehead atoms. The molecule has 0 aromatic rings. The summed E-state index contributed by atoms with van der Waals surface area (Å²) in [6.07, 6.45) is -0.492. The van der Waals surface area contributed by atoms with E-state index < -0.39 is 34.3 Å². The summed E-state index contributed by atoms with van der Waals surface area (Å²) in [5.74, 6) is -4.03. The molecule has 0 aromatic carbocycles. The number of carbonyl (C=O) groups is 2. The third-order valence-electron chi connectivity index (χ3n) is 1.43. The molecule has 0 saturated carbocycles. The maximum Gasteiger partial charge on any atom is 0.307 e. The van der Waals surface area contributed by atoms with Gasteiger partial charge < -0.3 is 10.2 Å². The van der Waals surface area contributed by atoms with E-state index >= 15 is 0 Å². The summed E-state index contributed by atoms with van der Waals surface area (Å²) in [6.45, 7) is 0. The van der Waals surface area contributed by atoms with Gasteiger partial charge in [0, 0.05) is 6.42 Å². The Morgan fingerprint density at radius 3 is 2.08 bits per heavy atom. The number of hydrogen-bond acceptors (Lipinski definition) is 4. The fourth-order valence-electron chi connectivity index (χ4n) is 0.771. The molecule has 0 heterocycles. The Kier molecular flexibility index (Phi) is 5.05. The molecule has 0 radical (unpaired) electrons. The molecule has 1 atom stereocenters. The monoisotopic (exact) mass is 210 g/mol. The molecule has 6 nitrogen and oxygen atoms in total. The number of carboxylic acids is 2. The van der Waals surface area contributed by atoms with E-state index in [1.54, 1.807) is 0 Å². The van der Waals surface area contributed by atoms with Gasteiger partial charge in [0.2, 0.25) is 0 Å². The summed E-state index contributed by atoms with van der Waals surface area (Å²) in [4.78, 5) is 20.5. The van der Waals surface area contributed by atoms with E-state index in [4.69, 9.17) is 10.2 Å². The van der Waals surface area contributed by atoms with E-state index in [9.17, 15) is 18.0 Å². The second-order valence-corrected chi connectivity index (χ2v) is 3.51. The van der Waals surface area contributed by atoms with Gasteiger partial charge in [-0.2, -0.15) is 0 Å². The van der Waals surface area contributed by atoms with Crippen molar-refractivity contribution in [3.8, 4) is 0 Å². The van der Waals surface area contributed by atoms with Gasteiger partial charge >= 0.3 is 11.9 Å². The van der Waals surface area contributed by atoms with Gasteiger partial charge in [-0.1, -0.05) is 0 Å². The zero-order valence-electron chi connectivity index (χ0n) is 6.67. The van der Waals surface area contributed by atoms with E-state index in [-0.39, 0.29) is 12.8 Å². The molecule has 13 heavy (non-hydrogen) atoms. The van der Waals surface area contributed by atoms with Crippen LogP contribution in [0, 0.1) is 5.92 Å².